The smallest absolute Gasteiger partial charge is 0.282 e. The van der Waals surface area contributed by atoms with Crippen LogP contribution in [0.2, 0.25) is 0 Å². The lowest BCUT2D eigenvalue weighted by molar-refractivity contribution is 0.0793. The van der Waals surface area contributed by atoms with Crippen molar-refractivity contribution in [3.05, 3.63) is 59.6 Å². The molecule has 3 aromatic rings. The fourth-order valence-corrected chi connectivity index (χ4v) is 5.71. The van der Waals surface area contributed by atoms with Gasteiger partial charge in [0.1, 0.15) is 0 Å². The van der Waals surface area contributed by atoms with Crippen LogP contribution in [0.1, 0.15) is 16.2 Å². The number of nitrogens with zero attached hydrogens (tertiary/aromatic N) is 2. The lowest BCUT2D eigenvalue weighted by Crippen LogP contribution is -2.31. The van der Waals surface area contributed by atoms with Gasteiger partial charge in [0.25, 0.3) is 5.91 Å². The monoisotopic (exact) mass is 372 g/mol. The second kappa shape index (κ2) is 6.24. The lowest BCUT2D eigenvalue weighted by Gasteiger charge is -2.15. The van der Waals surface area contributed by atoms with Gasteiger partial charge in [-0.05, 0) is 30.7 Å². The van der Waals surface area contributed by atoms with Crippen molar-refractivity contribution in [2.45, 2.75) is 16.6 Å². The van der Waals surface area contributed by atoms with Crippen molar-refractivity contribution in [3.8, 4) is 0 Å². The largest absolute Gasteiger partial charge is 0.335 e. The molecule has 1 saturated heterocycles. The summed E-state index contributed by atoms with van der Waals surface area (Å²) in [5, 5.41) is -0.146. The molecule has 128 valence electrons. The number of sulfone groups is 1. The van der Waals surface area contributed by atoms with Crippen LogP contribution >= 0.6 is 11.3 Å². The van der Waals surface area contributed by atoms with E-state index in [-0.39, 0.29) is 12.5 Å². The molecule has 1 amide bonds. The molecule has 1 fully saturated rings. The molecule has 1 unspecified atom stereocenters. The second-order valence-corrected chi connectivity index (χ2v) is 9.27. The predicted octanol–water partition coefficient (Wildman–Crippen LogP) is 2.98. The Hall–Kier alpha value is -2.25. The van der Waals surface area contributed by atoms with Crippen molar-refractivity contribution in [1.29, 1.82) is 0 Å². The van der Waals surface area contributed by atoms with E-state index in [4.69, 9.17) is 0 Å². The third-order valence-corrected chi connectivity index (χ3v) is 7.64. The molecule has 0 saturated carbocycles. The number of para-hydroxylation sites is 1. The lowest BCUT2D eigenvalue weighted by atomic mass is 10.3. The number of carbonyl (C=O) groups excluding carboxylic acids is 1. The summed E-state index contributed by atoms with van der Waals surface area (Å²) in [5.41, 5.74) is 0.795. The maximum Gasteiger partial charge on any atom is 0.282 e. The highest BCUT2D eigenvalue weighted by atomic mass is 32.2. The number of hydrogen-bond acceptors (Lipinski definition) is 5. The van der Waals surface area contributed by atoms with Crippen LogP contribution in [-0.4, -0.2) is 42.5 Å². The molecule has 0 spiro atoms. The summed E-state index contributed by atoms with van der Waals surface area (Å²) in [6.45, 7) is 0.650. The maximum atomic E-state index is 12.7. The number of hydrogen-bond donors (Lipinski definition) is 0. The molecule has 7 heteroatoms. The van der Waals surface area contributed by atoms with E-state index in [1.807, 2.05) is 24.3 Å². The Morgan fingerprint density at radius 2 is 1.80 bits per heavy atom. The molecule has 0 aliphatic carbocycles. The molecule has 0 bridgehead atoms. The zero-order valence-corrected chi connectivity index (χ0v) is 15.0. The van der Waals surface area contributed by atoms with Gasteiger partial charge in [-0.1, -0.05) is 30.3 Å². The van der Waals surface area contributed by atoms with E-state index < -0.39 is 15.1 Å². The van der Waals surface area contributed by atoms with Crippen molar-refractivity contribution >= 4 is 37.3 Å². The zero-order chi connectivity index (χ0) is 17.4. The van der Waals surface area contributed by atoms with E-state index in [1.54, 1.807) is 35.2 Å². The van der Waals surface area contributed by atoms with E-state index >= 15 is 0 Å². The summed E-state index contributed by atoms with van der Waals surface area (Å²) in [5.74, 6) is -0.188. The van der Waals surface area contributed by atoms with Crippen molar-refractivity contribution in [1.82, 2.24) is 9.88 Å². The first-order valence-corrected chi connectivity index (χ1v) is 10.4. The SMILES string of the molecule is O=C(c1nc2ccccc2s1)N1CCC(S(=O)(=O)c2ccccc2)C1. The van der Waals surface area contributed by atoms with E-state index in [2.05, 4.69) is 4.98 Å². The van der Waals surface area contributed by atoms with Gasteiger partial charge < -0.3 is 4.90 Å². The molecule has 2 aromatic carbocycles. The molecule has 5 nitrogen and oxygen atoms in total. The van der Waals surface area contributed by atoms with Gasteiger partial charge in [0, 0.05) is 13.1 Å². The van der Waals surface area contributed by atoms with Gasteiger partial charge in [-0.15, -0.1) is 11.3 Å². The first-order valence-electron chi connectivity index (χ1n) is 7.99. The summed E-state index contributed by atoms with van der Waals surface area (Å²) >= 11 is 1.35. The number of fused-ring (bicyclic) bond motifs is 1. The quantitative estimate of drug-likeness (QED) is 0.709. The molecule has 1 aliphatic rings. The van der Waals surface area contributed by atoms with Gasteiger partial charge in [-0.2, -0.15) is 0 Å². The van der Waals surface area contributed by atoms with Gasteiger partial charge in [-0.3, -0.25) is 4.79 Å². The molecule has 0 radical (unpaired) electrons. The van der Waals surface area contributed by atoms with Crippen molar-refractivity contribution in [2.24, 2.45) is 0 Å². The first-order chi connectivity index (χ1) is 12.1. The van der Waals surface area contributed by atoms with Crippen LogP contribution in [0.15, 0.2) is 59.5 Å². The van der Waals surface area contributed by atoms with Crippen molar-refractivity contribution in [2.75, 3.05) is 13.1 Å². The second-order valence-electron chi connectivity index (χ2n) is 6.01. The Labute approximate surface area is 149 Å². The van der Waals surface area contributed by atoms with Gasteiger partial charge in [-0.25, -0.2) is 13.4 Å². The van der Waals surface area contributed by atoms with Gasteiger partial charge in [0.05, 0.1) is 20.4 Å². The number of likely N-dealkylation sites (tertiary alicyclic amines) is 1. The van der Waals surface area contributed by atoms with E-state index in [0.29, 0.717) is 22.9 Å². The molecule has 1 aliphatic heterocycles. The Kier molecular flexibility index (Phi) is 4.05. The minimum atomic E-state index is -3.42. The van der Waals surface area contributed by atoms with Gasteiger partial charge in [0.2, 0.25) is 0 Å². The number of benzene rings is 2. The van der Waals surface area contributed by atoms with Crippen LogP contribution in [0.5, 0.6) is 0 Å². The number of thiazole rings is 1. The molecular formula is C18H16N2O3S2. The normalized spacial score (nSPS) is 17.9. The predicted molar refractivity (Wildman–Crippen MR) is 97.6 cm³/mol. The average molecular weight is 372 g/mol. The molecule has 2 heterocycles. The highest BCUT2D eigenvalue weighted by Gasteiger charge is 2.37. The minimum absolute atomic E-state index is 0.188. The molecular weight excluding hydrogens is 356 g/mol. The number of aromatic nitrogens is 1. The van der Waals surface area contributed by atoms with Gasteiger partial charge >= 0.3 is 0 Å². The fraction of sp³-hybridized carbons (Fsp3) is 0.222. The highest BCUT2D eigenvalue weighted by molar-refractivity contribution is 7.92. The Morgan fingerprint density at radius 1 is 1.08 bits per heavy atom. The summed E-state index contributed by atoms with van der Waals surface area (Å²) in [6.07, 6.45) is 0.452. The third-order valence-electron chi connectivity index (χ3n) is 4.42. The van der Waals surface area contributed by atoms with E-state index in [0.717, 1.165) is 10.2 Å². The Bertz CT molecular complexity index is 996. The number of amides is 1. The van der Waals surface area contributed by atoms with E-state index in [9.17, 15) is 13.2 Å². The molecule has 4 rings (SSSR count). The summed E-state index contributed by atoms with van der Waals surface area (Å²) in [6, 6.07) is 16.0. The van der Waals surface area contributed by atoms with E-state index in [1.165, 1.54) is 11.3 Å². The topological polar surface area (TPSA) is 67.3 Å². The van der Waals surface area contributed by atoms with Crippen LogP contribution in [0.25, 0.3) is 10.2 Å². The fourth-order valence-electron chi connectivity index (χ4n) is 3.07. The molecule has 0 N–H and O–H groups in total. The van der Waals surface area contributed by atoms with Crippen molar-refractivity contribution in [3.63, 3.8) is 0 Å². The van der Waals surface area contributed by atoms with Crippen LogP contribution < -0.4 is 0 Å². The molecule has 1 atom stereocenters. The number of rotatable bonds is 3. The maximum absolute atomic E-state index is 12.7. The summed E-state index contributed by atoms with van der Waals surface area (Å²) in [4.78, 5) is 19.0. The first kappa shape index (κ1) is 16.2. The molecule has 1 aromatic heterocycles. The van der Waals surface area contributed by atoms with Crippen LogP contribution in [0.4, 0.5) is 0 Å². The average Bonchev–Trinajstić information content (AvgIpc) is 3.29. The van der Waals surface area contributed by atoms with Gasteiger partial charge in [0.15, 0.2) is 14.8 Å². The standard InChI is InChI=1S/C18H16N2O3S2/c21-18(17-19-15-8-4-5-9-16(15)24-17)20-11-10-14(12-20)25(22,23)13-6-2-1-3-7-13/h1-9,14H,10-12H2. The summed E-state index contributed by atoms with van der Waals surface area (Å²) in [7, 11) is -3.42. The zero-order valence-electron chi connectivity index (χ0n) is 13.3. The van der Waals surface area contributed by atoms with Crippen LogP contribution in [-0.2, 0) is 9.84 Å². The van der Waals surface area contributed by atoms with Crippen LogP contribution in [0.3, 0.4) is 0 Å². The van der Waals surface area contributed by atoms with Crippen molar-refractivity contribution < 1.29 is 13.2 Å². The minimum Gasteiger partial charge on any atom is -0.335 e. The number of carbonyl (C=O) groups is 1. The Morgan fingerprint density at radius 3 is 2.56 bits per heavy atom. The van der Waals surface area contributed by atoms with Crippen LogP contribution in [0, 0.1) is 0 Å². The summed E-state index contributed by atoms with van der Waals surface area (Å²) < 4.78 is 26.4. The molecule has 25 heavy (non-hydrogen) atoms. The third kappa shape index (κ3) is 2.94. The Balaban J connectivity index is 1.55. The highest BCUT2D eigenvalue weighted by Crippen LogP contribution is 2.27.